The summed E-state index contributed by atoms with van der Waals surface area (Å²) in [6.07, 6.45) is 15.9. The minimum Gasteiger partial charge on any atom is -0.390 e. The number of nitrogens with one attached hydrogen (secondary N) is 2. The van der Waals surface area contributed by atoms with Gasteiger partial charge in [-0.05, 0) is 98.8 Å². The highest BCUT2D eigenvalue weighted by Crippen LogP contribution is 2.66. The average Bonchev–Trinajstić information content (AvgIpc) is 3.41. The highest BCUT2D eigenvalue weighted by Gasteiger charge is 2.61. The van der Waals surface area contributed by atoms with Gasteiger partial charge in [0.2, 0.25) is 0 Å². The van der Waals surface area contributed by atoms with E-state index >= 15 is 0 Å². The minimum absolute atomic E-state index is 0.0392. The number of nitrogens with zero attached hydrogens (tertiary/aromatic N) is 1. The monoisotopic (exact) mass is 515 g/mol. The third-order valence-electron chi connectivity index (χ3n) is 10.9. The van der Waals surface area contributed by atoms with E-state index in [1.54, 1.807) is 0 Å². The van der Waals surface area contributed by atoms with Crippen molar-refractivity contribution in [3.8, 4) is 0 Å². The Morgan fingerprint density at radius 3 is 2.84 bits per heavy atom. The molecule has 202 valence electrons. The summed E-state index contributed by atoms with van der Waals surface area (Å²) < 4.78 is 0. The van der Waals surface area contributed by atoms with Crippen LogP contribution in [0.5, 0.6) is 0 Å². The summed E-state index contributed by atoms with van der Waals surface area (Å²) >= 11 is 0. The van der Waals surface area contributed by atoms with Gasteiger partial charge < -0.3 is 20.2 Å². The number of para-hydroxylation sites is 1. The molecule has 4 aliphatic rings. The van der Waals surface area contributed by atoms with Gasteiger partial charge in [0.05, 0.1) is 5.60 Å². The van der Waals surface area contributed by atoms with Gasteiger partial charge in [-0.25, -0.2) is 0 Å². The molecular formula is C32H41N3O3. The van der Waals surface area contributed by atoms with Crippen LogP contribution >= 0.6 is 0 Å². The number of aromatic amines is 1. The van der Waals surface area contributed by atoms with Gasteiger partial charge >= 0.3 is 0 Å². The van der Waals surface area contributed by atoms with Crippen molar-refractivity contribution >= 4 is 22.5 Å². The Balaban J connectivity index is 1.03. The van der Waals surface area contributed by atoms with Crippen LogP contribution in [-0.2, 0) is 16.1 Å². The van der Waals surface area contributed by atoms with E-state index in [2.05, 4.69) is 66.6 Å². The molecule has 38 heavy (non-hydrogen) atoms. The molecule has 1 amide bonds. The molecule has 0 radical (unpaired) electrons. The minimum atomic E-state index is -0.540. The predicted octanol–water partition coefficient (Wildman–Crippen LogP) is 5.69. The number of benzene rings is 1. The van der Waals surface area contributed by atoms with E-state index in [0.717, 1.165) is 49.8 Å². The molecule has 1 aromatic carbocycles. The van der Waals surface area contributed by atoms with Gasteiger partial charge in [-0.3, -0.25) is 4.79 Å². The Hall–Kier alpha value is -2.86. The highest BCUT2D eigenvalue weighted by molar-refractivity contribution is 6.05. The molecule has 0 unspecified atom stereocenters. The van der Waals surface area contributed by atoms with Crippen molar-refractivity contribution in [2.75, 3.05) is 13.2 Å². The first kappa shape index (κ1) is 25.4. The van der Waals surface area contributed by atoms with E-state index in [4.69, 9.17) is 4.84 Å². The molecule has 6 atom stereocenters. The van der Waals surface area contributed by atoms with Gasteiger partial charge in [-0.15, -0.1) is 0 Å². The SMILES string of the molecule is C[C@]12C=CC(=NOCC(=O)NCCc3c[nH]c4ccccc34)C=C1CC[C@@H]1[C@H]2CC[C@@]2(C)[C@@H]1CC[C@]2(C)O. The molecule has 3 saturated carbocycles. The molecule has 1 aromatic heterocycles. The lowest BCUT2D eigenvalue weighted by atomic mass is 9.47. The maximum absolute atomic E-state index is 12.3. The van der Waals surface area contributed by atoms with Gasteiger partial charge in [-0.1, -0.05) is 48.9 Å². The van der Waals surface area contributed by atoms with Crippen LogP contribution in [0.2, 0.25) is 0 Å². The summed E-state index contributed by atoms with van der Waals surface area (Å²) in [7, 11) is 0. The lowest BCUT2D eigenvalue weighted by Crippen LogP contribution is -2.53. The molecule has 3 fully saturated rings. The Labute approximate surface area is 225 Å². The summed E-state index contributed by atoms with van der Waals surface area (Å²) in [5, 5.41) is 19.6. The number of fused-ring (bicyclic) bond motifs is 6. The van der Waals surface area contributed by atoms with Crippen LogP contribution in [0.1, 0.15) is 64.9 Å². The highest BCUT2D eigenvalue weighted by atomic mass is 16.6. The molecular weight excluding hydrogens is 474 g/mol. The molecule has 2 aromatic rings. The molecule has 0 bridgehead atoms. The van der Waals surface area contributed by atoms with Crippen molar-refractivity contribution in [1.29, 1.82) is 0 Å². The fourth-order valence-corrected chi connectivity index (χ4v) is 8.40. The van der Waals surface area contributed by atoms with Crippen molar-refractivity contribution in [2.45, 2.75) is 71.3 Å². The number of oxime groups is 1. The van der Waals surface area contributed by atoms with Crippen LogP contribution in [0.4, 0.5) is 0 Å². The van der Waals surface area contributed by atoms with Crippen molar-refractivity contribution in [1.82, 2.24) is 10.3 Å². The van der Waals surface area contributed by atoms with Gasteiger partial charge in [0.15, 0.2) is 6.61 Å². The summed E-state index contributed by atoms with van der Waals surface area (Å²) in [5.74, 6) is 1.72. The zero-order chi connectivity index (χ0) is 26.5. The van der Waals surface area contributed by atoms with Crippen LogP contribution in [0.25, 0.3) is 10.9 Å². The van der Waals surface area contributed by atoms with Crippen LogP contribution in [0, 0.1) is 28.6 Å². The summed E-state index contributed by atoms with van der Waals surface area (Å²) in [5.41, 5.74) is 4.06. The third kappa shape index (κ3) is 4.12. The second-order valence-electron chi connectivity index (χ2n) is 12.7. The number of amides is 1. The number of aromatic nitrogens is 1. The van der Waals surface area contributed by atoms with Crippen LogP contribution in [0.15, 0.2) is 59.4 Å². The van der Waals surface area contributed by atoms with Crippen LogP contribution in [0.3, 0.4) is 0 Å². The van der Waals surface area contributed by atoms with Crippen LogP contribution in [-0.4, -0.2) is 40.5 Å². The zero-order valence-corrected chi connectivity index (χ0v) is 22.9. The zero-order valence-electron chi connectivity index (χ0n) is 22.9. The first-order chi connectivity index (χ1) is 18.2. The van der Waals surface area contributed by atoms with Gasteiger partial charge in [0.1, 0.15) is 5.71 Å². The molecule has 6 rings (SSSR count). The normalized spacial score (nSPS) is 36.9. The molecule has 0 aliphatic heterocycles. The van der Waals surface area contributed by atoms with Gasteiger partial charge in [-0.2, -0.15) is 0 Å². The Morgan fingerprint density at radius 2 is 1.97 bits per heavy atom. The summed E-state index contributed by atoms with van der Waals surface area (Å²) in [6, 6.07) is 8.19. The fraction of sp³-hybridized carbons (Fsp3) is 0.562. The Kier molecular flexibility index (Phi) is 6.29. The summed E-state index contributed by atoms with van der Waals surface area (Å²) in [6.45, 7) is 7.26. The smallest absolute Gasteiger partial charge is 0.260 e. The fourth-order valence-electron chi connectivity index (χ4n) is 8.40. The second kappa shape index (κ2) is 9.41. The number of carbonyl (C=O) groups is 1. The number of hydrogen-bond donors (Lipinski definition) is 3. The average molecular weight is 516 g/mol. The van der Waals surface area contributed by atoms with E-state index in [1.807, 2.05) is 18.3 Å². The predicted molar refractivity (Wildman–Crippen MR) is 151 cm³/mol. The van der Waals surface area contributed by atoms with Crippen molar-refractivity contribution in [2.24, 2.45) is 33.7 Å². The number of rotatable bonds is 6. The van der Waals surface area contributed by atoms with E-state index in [1.165, 1.54) is 22.9 Å². The van der Waals surface area contributed by atoms with E-state index in [-0.39, 0.29) is 23.3 Å². The third-order valence-corrected chi connectivity index (χ3v) is 10.9. The number of aliphatic hydroxyl groups is 1. The topological polar surface area (TPSA) is 86.7 Å². The molecule has 0 saturated heterocycles. The van der Waals surface area contributed by atoms with Crippen molar-refractivity contribution in [3.05, 3.63) is 59.8 Å². The maximum atomic E-state index is 12.3. The molecule has 1 heterocycles. The number of allylic oxidation sites excluding steroid dienone is 4. The lowest BCUT2D eigenvalue weighted by Gasteiger charge is -2.58. The molecule has 6 nitrogen and oxygen atoms in total. The van der Waals surface area contributed by atoms with Gasteiger partial charge in [0.25, 0.3) is 5.91 Å². The second-order valence-corrected chi connectivity index (χ2v) is 12.7. The Morgan fingerprint density at radius 1 is 1.16 bits per heavy atom. The number of hydrogen-bond acceptors (Lipinski definition) is 4. The van der Waals surface area contributed by atoms with E-state index in [9.17, 15) is 9.90 Å². The number of H-pyrrole nitrogens is 1. The van der Waals surface area contributed by atoms with E-state index in [0.29, 0.717) is 24.3 Å². The maximum Gasteiger partial charge on any atom is 0.260 e. The molecule has 4 aliphatic carbocycles. The first-order valence-corrected chi connectivity index (χ1v) is 14.4. The van der Waals surface area contributed by atoms with E-state index < -0.39 is 5.60 Å². The number of carbonyl (C=O) groups excluding carboxylic acids is 1. The molecule has 0 spiro atoms. The Bertz CT molecular complexity index is 1320. The molecule has 6 heteroatoms. The standard InChI is InChI=1S/C32H41N3O3/c1-30-14-10-23(35-38-20-29(36)33-17-13-21-19-34-28-7-5-4-6-24(21)28)18-22(30)8-9-25-26(30)11-15-31(2)27(25)12-16-32(31,3)37/h4-7,10,14,18-19,25-27,34,37H,8-9,11-13,15-17,20H2,1-3H3,(H,33,36)/t25-,26-,27-,30+,31+,32+/m1/s1. The molecule has 3 N–H and O–H groups in total. The first-order valence-electron chi connectivity index (χ1n) is 14.4. The van der Waals surface area contributed by atoms with Crippen molar-refractivity contribution < 1.29 is 14.7 Å². The largest absolute Gasteiger partial charge is 0.390 e. The quantitative estimate of drug-likeness (QED) is 0.432. The van der Waals surface area contributed by atoms with Crippen molar-refractivity contribution in [3.63, 3.8) is 0 Å². The lowest BCUT2D eigenvalue weighted by molar-refractivity contribution is -0.125. The summed E-state index contributed by atoms with van der Waals surface area (Å²) in [4.78, 5) is 21.0. The van der Waals surface area contributed by atoms with Crippen LogP contribution < -0.4 is 5.32 Å². The van der Waals surface area contributed by atoms with Gasteiger partial charge in [0, 0.05) is 29.1 Å².